The molecule has 3 aromatic rings. The van der Waals surface area contributed by atoms with Gasteiger partial charge in [-0.1, -0.05) is 18.2 Å². The molecule has 0 fully saturated rings. The number of nitrogens with one attached hydrogen (secondary N) is 1. The minimum Gasteiger partial charge on any atom is -0.464 e. The standard InChI is InChI=1S/C14H10N4O/c15-7-8-16-14-6-5-12(17-18-14)11-9-19-13-4-2-1-3-10(11)13/h1-6,9H,8H2,(H,16,18). The second kappa shape index (κ2) is 4.78. The third-order valence-corrected chi connectivity index (χ3v) is 2.77. The molecule has 5 nitrogen and oxygen atoms in total. The molecule has 0 radical (unpaired) electrons. The molecular weight excluding hydrogens is 240 g/mol. The maximum Gasteiger partial charge on any atom is 0.149 e. The lowest BCUT2D eigenvalue weighted by atomic mass is 10.1. The van der Waals surface area contributed by atoms with Crippen molar-refractivity contribution in [3.8, 4) is 17.3 Å². The van der Waals surface area contributed by atoms with E-state index in [1.165, 1.54) is 0 Å². The van der Waals surface area contributed by atoms with Crippen LogP contribution >= 0.6 is 0 Å². The van der Waals surface area contributed by atoms with Crippen molar-refractivity contribution < 1.29 is 4.42 Å². The van der Waals surface area contributed by atoms with Gasteiger partial charge in [0.15, 0.2) is 0 Å². The van der Waals surface area contributed by atoms with E-state index in [2.05, 4.69) is 15.5 Å². The fourth-order valence-corrected chi connectivity index (χ4v) is 1.88. The molecule has 0 aliphatic rings. The summed E-state index contributed by atoms with van der Waals surface area (Å²) in [4.78, 5) is 0. The van der Waals surface area contributed by atoms with E-state index >= 15 is 0 Å². The number of rotatable bonds is 3. The van der Waals surface area contributed by atoms with Crippen LogP contribution in [0.15, 0.2) is 47.1 Å². The van der Waals surface area contributed by atoms with Gasteiger partial charge >= 0.3 is 0 Å². The second-order valence-corrected chi connectivity index (χ2v) is 3.96. The lowest BCUT2D eigenvalue weighted by Crippen LogP contribution is -2.01. The normalized spacial score (nSPS) is 10.3. The van der Waals surface area contributed by atoms with E-state index in [0.29, 0.717) is 5.82 Å². The Morgan fingerprint density at radius 1 is 1.16 bits per heavy atom. The van der Waals surface area contributed by atoms with Crippen molar-refractivity contribution in [1.82, 2.24) is 10.2 Å². The maximum atomic E-state index is 8.48. The number of benzene rings is 1. The number of anilines is 1. The monoisotopic (exact) mass is 250 g/mol. The molecule has 0 atom stereocenters. The van der Waals surface area contributed by atoms with Crippen LogP contribution in [0.3, 0.4) is 0 Å². The van der Waals surface area contributed by atoms with Crippen molar-refractivity contribution in [2.45, 2.75) is 0 Å². The third-order valence-electron chi connectivity index (χ3n) is 2.77. The highest BCUT2D eigenvalue weighted by molar-refractivity contribution is 5.92. The van der Waals surface area contributed by atoms with Crippen LogP contribution in [0.25, 0.3) is 22.2 Å². The number of nitrogens with zero attached hydrogens (tertiary/aromatic N) is 3. The Balaban J connectivity index is 1.96. The molecule has 92 valence electrons. The highest BCUT2D eigenvalue weighted by atomic mass is 16.3. The van der Waals surface area contributed by atoms with Gasteiger partial charge in [0.1, 0.15) is 24.2 Å². The molecule has 0 aliphatic carbocycles. The lowest BCUT2D eigenvalue weighted by molar-refractivity contribution is 0.616. The number of para-hydroxylation sites is 1. The van der Waals surface area contributed by atoms with E-state index in [1.807, 2.05) is 36.4 Å². The van der Waals surface area contributed by atoms with Crippen LogP contribution in [0.4, 0.5) is 5.82 Å². The Bertz CT molecular complexity index is 740. The van der Waals surface area contributed by atoms with E-state index in [0.717, 1.165) is 22.2 Å². The molecule has 0 saturated carbocycles. The number of aromatic nitrogens is 2. The molecule has 0 spiro atoms. The van der Waals surface area contributed by atoms with Crippen LogP contribution in [-0.4, -0.2) is 16.7 Å². The molecule has 2 heterocycles. The summed E-state index contributed by atoms with van der Waals surface area (Å²) in [5.74, 6) is 0.582. The summed E-state index contributed by atoms with van der Waals surface area (Å²) < 4.78 is 5.47. The van der Waals surface area contributed by atoms with Crippen molar-refractivity contribution in [2.75, 3.05) is 11.9 Å². The van der Waals surface area contributed by atoms with Gasteiger partial charge in [-0.25, -0.2) is 0 Å². The second-order valence-electron chi connectivity index (χ2n) is 3.96. The topological polar surface area (TPSA) is 74.7 Å². The predicted octanol–water partition coefficient (Wildman–Crippen LogP) is 2.83. The first-order valence-electron chi connectivity index (χ1n) is 5.79. The predicted molar refractivity (Wildman–Crippen MR) is 71.3 cm³/mol. The molecule has 19 heavy (non-hydrogen) atoms. The Morgan fingerprint density at radius 2 is 2.05 bits per heavy atom. The number of hydrogen-bond donors (Lipinski definition) is 1. The molecule has 1 aromatic carbocycles. The van der Waals surface area contributed by atoms with Crippen LogP contribution < -0.4 is 5.32 Å². The number of furan rings is 1. The number of fused-ring (bicyclic) bond motifs is 1. The highest BCUT2D eigenvalue weighted by Gasteiger charge is 2.09. The summed E-state index contributed by atoms with van der Waals surface area (Å²) in [6.07, 6.45) is 1.68. The quantitative estimate of drug-likeness (QED) is 0.723. The fraction of sp³-hybridized carbons (Fsp3) is 0.0714. The maximum absolute atomic E-state index is 8.48. The molecule has 0 bridgehead atoms. The summed E-state index contributed by atoms with van der Waals surface area (Å²) in [6, 6.07) is 13.4. The van der Waals surface area contributed by atoms with Gasteiger partial charge in [0, 0.05) is 10.9 Å². The number of hydrogen-bond acceptors (Lipinski definition) is 5. The number of nitriles is 1. The zero-order valence-corrected chi connectivity index (χ0v) is 10.00. The molecular formula is C14H10N4O. The fourth-order valence-electron chi connectivity index (χ4n) is 1.88. The van der Waals surface area contributed by atoms with Crippen molar-refractivity contribution in [2.24, 2.45) is 0 Å². The van der Waals surface area contributed by atoms with Gasteiger partial charge < -0.3 is 9.73 Å². The molecule has 1 N–H and O–H groups in total. The average molecular weight is 250 g/mol. The molecule has 0 saturated heterocycles. The Kier molecular flexibility index (Phi) is 2.83. The largest absolute Gasteiger partial charge is 0.464 e. The minimum absolute atomic E-state index is 0.211. The zero-order chi connectivity index (χ0) is 13.1. The Morgan fingerprint density at radius 3 is 2.84 bits per heavy atom. The van der Waals surface area contributed by atoms with Crippen LogP contribution in [-0.2, 0) is 0 Å². The minimum atomic E-state index is 0.211. The van der Waals surface area contributed by atoms with Crippen molar-refractivity contribution in [3.63, 3.8) is 0 Å². The van der Waals surface area contributed by atoms with E-state index < -0.39 is 0 Å². The first-order chi connectivity index (χ1) is 9.38. The van der Waals surface area contributed by atoms with Gasteiger partial charge in [-0.2, -0.15) is 5.26 Å². The molecule has 0 aliphatic heterocycles. The summed E-state index contributed by atoms with van der Waals surface area (Å²) >= 11 is 0. The van der Waals surface area contributed by atoms with Crippen LogP contribution in [0.5, 0.6) is 0 Å². The lowest BCUT2D eigenvalue weighted by Gasteiger charge is -2.00. The third kappa shape index (κ3) is 2.11. The smallest absolute Gasteiger partial charge is 0.149 e. The van der Waals surface area contributed by atoms with Gasteiger partial charge in [0.2, 0.25) is 0 Å². The summed E-state index contributed by atoms with van der Waals surface area (Å²) in [5, 5.41) is 20.5. The summed E-state index contributed by atoms with van der Waals surface area (Å²) in [7, 11) is 0. The Labute approximate surface area is 109 Å². The molecule has 3 rings (SSSR count). The first-order valence-corrected chi connectivity index (χ1v) is 5.79. The van der Waals surface area contributed by atoms with Crippen molar-refractivity contribution >= 4 is 16.8 Å². The molecule has 2 aromatic heterocycles. The Hall–Kier alpha value is -2.87. The molecule has 5 heteroatoms. The highest BCUT2D eigenvalue weighted by Crippen LogP contribution is 2.28. The van der Waals surface area contributed by atoms with Crippen LogP contribution in [0.2, 0.25) is 0 Å². The van der Waals surface area contributed by atoms with Crippen molar-refractivity contribution in [1.29, 1.82) is 5.26 Å². The first kappa shape index (κ1) is 11.2. The van der Waals surface area contributed by atoms with Crippen LogP contribution in [0, 0.1) is 11.3 Å². The average Bonchev–Trinajstić information content (AvgIpc) is 2.90. The van der Waals surface area contributed by atoms with E-state index in [9.17, 15) is 0 Å². The summed E-state index contributed by atoms with van der Waals surface area (Å²) in [5.41, 5.74) is 2.48. The zero-order valence-electron chi connectivity index (χ0n) is 10.00. The van der Waals surface area contributed by atoms with Crippen LogP contribution in [0.1, 0.15) is 0 Å². The van der Waals surface area contributed by atoms with Gasteiger partial charge in [-0.05, 0) is 18.2 Å². The summed E-state index contributed by atoms with van der Waals surface area (Å²) in [6.45, 7) is 0.211. The van der Waals surface area contributed by atoms with Gasteiger partial charge in [-0.3, -0.25) is 0 Å². The van der Waals surface area contributed by atoms with Gasteiger partial charge in [0.25, 0.3) is 0 Å². The molecule has 0 amide bonds. The van der Waals surface area contributed by atoms with Gasteiger partial charge in [-0.15, -0.1) is 10.2 Å². The van der Waals surface area contributed by atoms with E-state index in [-0.39, 0.29) is 6.54 Å². The molecule has 0 unspecified atom stereocenters. The van der Waals surface area contributed by atoms with Crippen molar-refractivity contribution in [3.05, 3.63) is 42.7 Å². The van der Waals surface area contributed by atoms with E-state index in [1.54, 1.807) is 12.3 Å². The van der Waals surface area contributed by atoms with E-state index in [4.69, 9.17) is 9.68 Å². The SMILES string of the molecule is N#CCNc1ccc(-c2coc3ccccc23)nn1. The van der Waals surface area contributed by atoms with Gasteiger partial charge in [0.05, 0.1) is 11.8 Å².